The van der Waals surface area contributed by atoms with Crippen LogP contribution in [0.3, 0.4) is 0 Å². The highest BCUT2D eigenvalue weighted by Crippen LogP contribution is 2.43. The largest absolute Gasteiger partial charge is 0.330 e. The standard InChI is InChI=1S/C25H27N2/c1-16-11-12-17(2)21(13-16)25-26-24-14-22-19(18-7-4-5-8-18)9-6-10-20(22)23(24)15-27(25)3/h6,9-13,15,18H,4-5,7-8,14H2,1-3H3/q+1. The average Bonchev–Trinajstić information content (AvgIpc) is 3.31. The van der Waals surface area contributed by atoms with E-state index < -0.39 is 0 Å². The Morgan fingerprint density at radius 1 is 0.963 bits per heavy atom. The van der Waals surface area contributed by atoms with Crippen molar-refractivity contribution in [2.24, 2.45) is 7.05 Å². The summed E-state index contributed by atoms with van der Waals surface area (Å²) >= 11 is 0. The number of rotatable bonds is 2. The van der Waals surface area contributed by atoms with Crippen molar-refractivity contribution < 1.29 is 4.57 Å². The summed E-state index contributed by atoms with van der Waals surface area (Å²) in [6.07, 6.45) is 8.74. The summed E-state index contributed by atoms with van der Waals surface area (Å²) in [5, 5.41) is 0. The lowest BCUT2D eigenvalue weighted by Crippen LogP contribution is -2.33. The molecule has 1 heterocycles. The fourth-order valence-corrected chi connectivity index (χ4v) is 5.02. The molecule has 2 aliphatic carbocycles. The van der Waals surface area contributed by atoms with Gasteiger partial charge in [-0.1, -0.05) is 48.7 Å². The predicted octanol–water partition coefficient (Wildman–Crippen LogP) is 5.42. The van der Waals surface area contributed by atoms with E-state index in [-0.39, 0.29) is 0 Å². The van der Waals surface area contributed by atoms with Crippen molar-refractivity contribution in [2.45, 2.75) is 51.9 Å². The molecule has 0 aliphatic heterocycles. The highest BCUT2D eigenvalue weighted by molar-refractivity contribution is 5.76. The van der Waals surface area contributed by atoms with E-state index >= 15 is 0 Å². The Hall–Kier alpha value is -2.48. The van der Waals surface area contributed by atoms with Crippen molar-refractivity contribution >= 4 is 0 Å². The first kappa shape index (κ1) is 16.7. The maximum atomic E-state index is 5.17. The van der Waals surface area contributed by atoms with Crippen molar-refractivity contribution in [1.29, 1.82) is 0 Å². The maximum Gasteiger partial charge on any atom is 0.330 e. The van der Waals surface area contributed by atoms with Gasteiger partial charge in [0.2, 0.25) is 0 Å². The number of hydrogen-bond donors (Lipinski definition) is 0. The van der Waals surface area contributed by atoms with Gasteiger partial charge in [-0.3, -0.25) is 0 Å². The van der Waals surface area contributed by atoms with Crippen LogP contribution in [0.25, 0.3) is 22.5 Å². The van der Waals surface area contributed by atoms with Crippen LogP contribution in [0.2, 0.25) is 0 Å². The Kier molecular flexibility index (Phi) is 3.89. The maximum absolute atomic E-state index is 5.17. The van der Waals surface area contributed by atoms with Crippen molar-refractivity contribution in [3.8, 4) is 22.5 Å². The van der Waals surface area contributed by atoms with Gasteiger partial charge in [0.1, 0.15) is 6.20 Å². The molecule has 27 heavy (non-hydrogen) atoms. The van der Waals surface area contributed by atoms with E-state index in [4.69, 9.17) is 4.98 Å². The quantitative estimate of drug-likeness (QED) is 0.439. The molecule has 5 rings (SSSR count). The minimum absolute atomic E-state index is 0.751. The average molecular weight is 356 g/mol. The third-order valence-electron chi connectivity index (χ3n) is 6.48. The SMILES string of the molecule is Cc1ccc(C)c(-c2nc3c(c[n+]2C)-c2cccc(C4CCCC4)c2C3)c1. The van der Waals surface area contributed by atoms with Gasteiger partial charge in [-0.15, -0.1) is 0 Å². The van der Waals surface area contributed by atoms with E-state index in [1.54, 1.807) is 5.56 Å². The fraction of sp³-hybridized carbons (Fsp3) is 0.360. The molecular formula is C25H27N2+. The molecule has 0 saturated heterocycles. The molecule has 3 aromatic rings. The number of hydrogen-bond acceptors (Lipinski definition) is 1. The molecular weight excluding hydrogens is 328 g/mol. The highest BCUT2D eigenvalue weighted by atomic mass is 15.0. The first-order valence-corrected chi connectivity index (χ1v) is 10.2. The Balaban J connectivity index is 1.63. The van der Waals surface area contributed by atoms with Crippen LogP contribution in [0.1, 0.15) is 59.5 Å². The molecule has 0 N–H and O–H groups in total. The minimum atomic E-state index is 0.751. The van der Waals surface area contributed by atoms with Crippen molar-refractivity contribution in [3.63, 3.8) is 0 Å². The van der Waals surface area contributed by atoms with Gasteiger partial charge in [-0.05, 0) is 65.9 Å². The van der Waals surface area contributed by atoms with Gasteiger partial charge in [0.25, 0.3) is 0 Å². The second-order valence-corrected chi connectivity index (χ2v) is 8.39. The van der Waals surface area contributed by atoms with E-state index in [0.717, 1.165) is 18.2 Å². The zero-order chi connectivity index (χ0) is 18.5. The van der Waals surface area contributed by atoms with Gasteiger partial charge >= 0.3 is 5.82 Å². The van der Waals surface area contributed by atoms with Crippen molar-refractivity contribution in [3.05, 3.63) is 70.5 Å². The van der Waals surface area contributed by atoms with Crippen LogP contribution >= 0.6 is 0 Å². The topological polar surface area (TPSA) is 16.8 Å². The molecule has 0 unspecified atom stereocenters. The molecule has 2 aromatic carbocycles. The van der Waals surface area contributed by atoms with Crippen LogP contribution in [0.5, 0.6) is 0 Å². The molecule has 2 nitrogen and oxygen atoms in total. The van der Waals surface area contributed by atoms with Crippen LogP contribution in [0.15, 0.2) is 42.6 Å². The van der Waals surface area contributed by atoms with Crippen LogP contribution in [0.4, 0.5) is 0 Å². The van der Waals surface area contributed by atoms with Gasteiger partial charge in [0, 0.05) is 6.42 Å². The predicted molar refractivity (Wildman–Crippen MR) is 110 cm³/mol. The Bertz CT molecular complexity index is 1040. The summed E-state index contributed by atoms with van der Waals surface area (Å²) in [6, 6.07) is 13.5. The molecule has 0 atom stereocenters. The van der Waals surface area contributed by atoms with Gasteiger partial charge in [-0.2, -0.15) is 0 Å². The summed E-state index contributed by atoms with van der Waals surface area (Å²) < 4.78 is 2.21. The van der Waals surface area contributed by atoms with Gasteiger partial charge in [0.15, 0.2) is 5.69 Å². The van der Waals surface area contributed by atoms with Crippen molar-refractivity contribution in [1.82, 2.24) is 4.98 Å². The van der Waals surface area contributed by atoms with E-state index in [1.165, 1.54) is 64.8 Å². The lowest BCUT2D eigenvalue weighted by molar-refractivity contribution is -0.662. The zero-order valence-corrected chi connectivity index (χ0v) is 16.5. The zero-order valence-electron chi connectivity index (χ0n) is 16.5. The smallest absolute Gasteiger partial charge is 0.232 e. The summed E-state index contributed by atoms with van der Waals surface area (Å²) in [5.74, 6) is 1.83. The Labute approximate surface area is 161 Å². The Morgan fingerprint density at radius 3 is 2.59 bits per heavy atom. The number of fused-ring (bicyclic) bond motifs is 3. The molecule has 1 aromatic heterocycles. The number of aromatic nitrogens is 2. The second-order valence-electron chi connectivity index (χ2n) is 8.39. The molecule has 0 radical (unpaired) electrons. The lowest BCUT2D eigenvalue weighted by atomic mass is 9.90. The molecule has 0 bridgehead atoms. The molecule has 0 spiro atoms. The van der Waals surface area contributed by atoms with Gasteiger partial charge in [-0.25, -0.2) is 4.57 Å². The van der Waals surface area contributed by atoms with Crippen LogP contribution < -0.4 is 4.57 Å². The third-order valence-corrected chi connectivity index (χ3v) is 6.48. The Morgan fingerprint density at radius 2 is 1.78 bits per heavy atom. The van der Waals surface area contributed by atoms with E-state index in [0.29, 0.717) is 0 Å². The first-order valence-electron chi connectivity index (χ1n) is 10.2. The normalized spacial score (nSPS) is 15.8. The van der Waals surface area contributed by atoms with E-state index in [2.05, 4.69) is 68.1 Å². The number of aryl methyl sites for hydroxylation is 3. The molecule has 136 valence electrons. The van der Waals surface area contributed by atoms with Gasteiger partial charge in [0.05, 0.1) is 18.2 Å². The summed E-state index contributed by atoms with van der Waals surface area (Å²) in [5.41, 5.74) is 10.9. The second kappa shape index (κ2) is 6.30. The number of nitrogens with zero attached hydrogens (tertiary/aromatic N) is 2. The molecule has 2 heteroatoms. The summed E-state index contributed by atoms with van der Waals surface area (Å²) in [7, 11) is 2.13. The van der Waals surface area contributed by atoms with Crippen molar-refractivity contribution in [2.75, 3.05) is 0 Å². The third kappa shape index (κ3) is 2.70. The molecule has 2 aliphatic rings. The van der Waals surface area contributed by atoms with Crippen LogP contribution in [-0.2, 0) is 13.5 Å². The van der Waals surface area contributed by atoms with Crippen LogP contribution in [-0.4, -0.2) is 4.98 Å². The molecule has 0 amide bonds. The summed E-state index contributed by atoms with van der Waals surface area (Å²) in [4.78, 5) is 5.17. The van der Waals surface area contributed by atoms with E-state index in [9.17, 15) is 0 Å². The molecule has 1 fully saturated rings. The fourth-order valence-electron chi connectivity index (χ4n) is 5.02. The monoisotopic (exact) mass is 355 g/mol. The minimum Gasteiger partial charge on any atom is -0.232 e. The molecule has 1 saturated carbocycles. The first-order chi connectivity index (χ1) is 13.1. The van der Waals surface area contributed by atoms with Crippen LogP contribution in [0, 0.1) is 13.8 Å². The lowest BCUT2D eigenvalue weighted by Gasteiger charge is -2.14. The summed E-state index contributed by atoms with van der Waals surface area (Å²) in [6.45, 7) is 4.33. The number of benzene rings is 2. The highest BCUT2D eigenvalue weighted by Gasteiger charge is 2.32. The van der Waals surface area contributed by atoms with Gasteiger partial charge < -0.3 is 0 Å². The van der Waals surface area contributed by atoms with E-state index in [1.807, 2.05) is 0 Å².